The second-order valence-electron chi connectivity index (χ2n) is 6.07. The number of halogens is 2. The summed E-state index contributed by atoms with van der Waals surface area (Å²) in [6.07, 6.45) is 2.97. The quantitative estimate of drug-likeness (QED) is 0.761. The van der Waals surface area contributed by atoms with Crippen LogP contribution < -0.4 is 0 Å². The number of likely N-dealkylation sites (tertiary alicyclic amines) is 1. The van der Waals surface area contributed by atoms with Gasteiger partial charge in [-0.1, -0.05) is 60.7 Å². The molecule has 1 saturated heterocycles. The fourth-order valence-electron chi connectivity index (χ4n) is 2.89. The topological polar surface area (TPSA) is 40.5 Å². The first-order chi connectivity index (χ1) is 12.4. The number of carbonyl (C=O) groups excluding carboxylic acids is 1. The summed E-state index contributed by atoms with van der Waals surface area (Å²) in [4.78, 5) is 13.3. The smallest absolute Gasteiger partial charge is 0.344 e. The van der Waals surface area contributed by atoms with E-state index in [0.29, 0.717) is 4.90 Å². The monoisotopic (exact) mass is 375 g/mol. The molecule has 0 radical (unpaired) electrons. The van der Waals surface area contributed by atoms with Gasteiger partial charge in [0.15, 0.2) is 0 Å². The van der Waals surface area contributed by atoms with Crippen LogP contribution in [-0.4, -0.2) is 33.4 Å². The summed E-state index contributed by atoms with van der Waals surface area (Å²) in [5, 5.41) is 7.18. The molecular formula is C20H19F2NO2S. The van der Waals surface area contributed by atoms with Crippen LogP contribution in [-0.2, 0) is 4.79 Å². The third-order valence-electron chi connectivity index (χ3n) is 4.29. The van der Waals surface area contributed by atoms with E-state index in [9.17, 15) is 18.7 Å². The summed E-state index contributed by atoms with van der Waals surface area (Å²) in [5.74, 6) is -0.474. The van der Waals surface area contributed by atoms with Crippen LogP contribution in [0.3, 0.4) is 0 Å². The number of nitrogens with zero attached hydrogens (tertiary/aromatic N) is 1. The summed E-state index contributed by atoms with van der Waals surface area (Å²) in [7, 11) is 0. The zero-order valence-corrected chi connectivity index (χ0v) is 14.8. The molecule has 1 aliphatic heterocycles. The molecule has 0 spiro atoms. The van der Waals surface area contributed by atoms with Crippen LogP contribution in [0.25, 0.3) is 6.08 Å². The number of hydrogen-bond donors (Lipinski definition) is 1. The van der Waals surface area contributed by atoms with Gasteiger partial charge in [-0.05, 0) is 29.5 Å². The zero-order chi connectivity index (χ0) is 18.6. The first kappa shape index (κ1) is 18.6. The predicted molar refractivity (Wildman–Crippen MR) is 98.6 cm³/mol. The lowest BCUT2D eigenvalue weighted by Gasteiger charge is -2.38. The Morgan fingerprint density at radius 3 is 2.38 bits per heavy atom. The van der Waals surface area contributed by atoms with Gasteiger partial charge in [-0.15, -0.1) is 0 Å². The molecule has 3 rings (SSSR count). The zero-order valence-electron chi connectivity index (χ0n) is 14.0. The molecule has 0 bridgehead atoms. The first-order valence-electron chi connectivity index (χ1n) is 8.29. The van der Waals surface area contributed by atoms with Crippen molar-refractivity contribution in [2.75, 3.05) is 6.54 Å². The fraction of sp³-hybridized carbons (Fsp3) is 0.250. The van der Waals surface area contributed by atoms with Crippen LogP contribution in [0, 0.1) is 0 Å². The Labute approximate surface area is 155 Å². The van der Waals surface area contributed by atoms with Crippen LogP contribution in [0.4, 0.5) is 8.78 Å². The Balaban J connectivity index is 1.77. The molecule has 0 saturated carbocycles. The van der Waals surface area contributed by atoms with Crippen molar-refractivity contribution in [3.8, 4) is 0 Å². The molecule has 0 aliphatic carbocycles. The number of rotatable bonds is 6. The van der Waals surface area contributed by atoms with Crippen molar-refractivity contribution in [2.45, 2.75) is 28.7 Å². The van der Waals surface area contributed by atoms with Crippen molar-refractivity contribution < 1.29 is 18.7 Å². The predicted octanol–water partition coefficient (Wildman–Crippen LogP) is 4.40. The van der Waals surface area contributed by atoms with Crippen molar-refractivity contribution in [3.63, 3.8) is 0 Å². The Kier molecular flexibility index (Phi) is 5.44. The lowest BCUT2D eigenvalue weighted by atomic mass is 10.1. The van der Waals surface area contributed by atoms with Crippen LogP contribution in [0.2, 0.25) is 0 Å². The molecule has 0 aromatic heterocycles. The fourth-order valence-corrected chi connectivity index (χ4v) is 3.85. The minimum atomic E-state index is -3.53. The molecule has 1 atom stereocenters. The Morgan fingerprint density at radius 1 is 1.12 bits per heavy atom. The van der Waals surface area contributed by atoms with Gasteiger partial charge in [-0.3, -0.25) is 4.79 Å². The largest absolute Gasteiger partial charge is 0.365 e. The van der Waals surface area contributed by atoms with Gasteiger partial charge in [0, 0.05) is 24.3 Å². The van der Waals surface area contributed by atoms with E-state index < -0.39 is 16.9 Å². The molecule has 2 aromatic carbocycles. The van der Waals surface area contributed by atoms with E-state index in [1.165, 1.54) is 0 Å². The van der Waals surface area contributed by atoms with Gasteiger partial charge in [0.25, 0.3) is 0 Å². The number of amides is 1. The summed E-state index contributed by atoms with van der Waals surface area (Å²) in [5.41, 5.74) is -1.61. The molecule has 1 unspecified atom stereocenters. The van der Waals surface area contributed by atoms with Gasteiger partial charge < -0.3 is 10.0 Å². The Bertz CT molecular complexity index is 783. The Hall–Kier alpha value is -2.18. The third-order valence-corrected chi connectivity index (χ3v) is 5.38. The maximum absolute atomic E-state index is 14.9. The second kappa shape index (κ2) is 7.60. The highest BCUT2D eigenvalue weighted by Crippen LogP contribution is 2.49. The molecule has 1 N–H and O–H groups in total. The molecule has 2 aromatic rings. The Morgan fingerprint density at radius 2 is 1.73 bits per heavy atom. The standard InChI is InChI=1S/C20H19F2NO2S/c21-20(22,26-17-11-5-2-6-12-17)19(25)14-13-18(24)23(19)15-7-10-16-8-3-1-4-9-16/h1-12,25H,13-15H2/b10-7+. The average molecular weight is 375 g/mol. The number of hydrogen-bond acceptors (Lipinski definition) is 3. The molecule has 26 heavy (non-hydrogen) atoms. The summed E-state index contributed by atoms with van der Waals surface area (Å²) >= 11 is 0.276. The van der Waals surface area contributed by atoms with Gasteiger partial charge in [0.1, 0.15) is 0 Å². The average Bonchev–Trinajstić information content (AvgIpc) is 2.93. The normalized spacial score (nSPS) is 20.9. The van der Waals surface area contributed by atoms with Crippen molar-refractivity contribution in [1.82, 2.24) is 4.90 Å². The highest BCUT2D eigenvalue weighted by atomic mass is 32.2. The number of carbonyl (C=O) groups is 1. The van der Waals surface area contributed by atoms with Crippen molar-refractivity contribution >= 4 is 23.7 Å². The molecule has 136 valence electrons. The number of thioether (sulfide) groups is 1. The van der Waals surface area contributed by atoms with Gasteiger partial charge in [0.2, 0.25) is 11.6 Å². The van der Waals surface area contributed by atoms with Crippen molar-refractivity contribution in [1.29, 1.82) is 0 Å². The van der Waals surface area contributed by atoms with E-state index >= 15 is 0 Å². The molecule has 1 heterocycles. The minimum Gasteiger partial charge on any atom is -0.365 e. The van der Waals surface area contributed by atoms with E-state index in [0.717, 1.165) is 10.5 Å². The minimum absolute atomic E-state index is 0.0742. The van der Waals surface area contributed by atoms with Crippen LogP contribution in [0.1, 0.15) is 18.4 Å². The lowest BCUT2D eigenvalue weighted by Crippen LogP contribution is -2.56. The number of benzene rings is 2. The summed E-state index contributed by atoms with van der Waals surface area (Å²) < 4.78 is 29.7. The van der Waals surface area contributed by atoms with E-state index in [-0.39, 0.29) is 31.1 Å². The molecule has 6 heteroatoms. The van der Waals surface area contributed by atoms with Gasteiger partial charge >= 0.3 is 5.25 Å². The van der Waals surface area contributed by atoms with E-state index in [2.05, 4.69) is 0 Å². The van der Waals surface area contributed by atoms with Crippen LogP contribution >= 0.6 is 11.8 Å². The first-order valence-corrected chi connectivity index (χ1v) is 9.10. The molecule has 1 amide bonds. The number of alkyl halides is 2. The van der Waals surface area contributed by atoms with Crippen LogP contribution in [0.5, 0.6) is 0 Å². The van der Waals surface area contributed by atoms with Gasteiger partial charge in [-0.25, -0.2) is 0 Å². The van der Waals surface area contributed by atoms with Crippen LogP contribution in [0.15, 0.2) is 71.6 Å². The maximum atomic E-state index is 14.9. The van der Waals surface area contributed by atoms with Gasteiger partial charge in [0.05, 0.1) is 0 Å². The molecule has 1 aliphatic rings. The van der Waals surface area contributed by atoms with E-state index in [1.807, 2.05) is 30.3 Å². The van der Waals surface area contributed by atoms with Gasteiger partial charge in [-0.2, -0.15) is 8.78 Å². The molecule has 3 nitrogen and oxygen atoms in total. The maximum Gasteiger partial charge on any atom is 0.344 e. The summed E-state index contributed by atoms with van der Waals surface area (Å²) in [6, 6.07) is 17.5. The van der Waals surface area contributed by atoms with Crippen molar-refractivity contribution in [2.24, 2.45) is 0 Å². The second-order valence-corrected chi connectivity index (χ2v) is 7.25. The molecule has 1 fully saturated rings. The highest BCUT2D eigenvalue weighted by molar-refractivity contribution is 8.00. The van der Waals surface area contributed by atoms with Crippen molar-refractivity contribution in [3.05, 3.63) is 72.3 Å². The lowest BCUT2D eigenvalue weighted by molar-refractivity contribution is -0.195. The summed E-state index contributed by atoms with van der Waals surface area (Å²) in [6.45, 7) is -0.0742. The van der Waals surface area contributed by atoms with E-state index in [1.54, 1.807) is 42.5 Å². The number of aliphatic hydroxyl groups is 1. The molecular weight excluding hydrogens is 356 g/mol. The SMILES string of the molecule is O=C1CCC(O)(C(F)(F)Sc2ccccc2)N1C/C=C/c1ccccc1. The van der Waals surface area contributed by atoms with E-state index in [4.69, 9.17) is 0 Å². The third kappa shape index (κ3) is 3.81. The highest BCUT2D eigenvalue weighted by Gasteiger charge is 2.61.